The second-order valence-electron chi connectivity index (χ2n) is 6.79. The smallest absolute Gasteiger partial charge is 0.336 e. The summed E-state index contributed by atoms with van der Waals surface area (Å²) in [7, 11) is 0. The quantitative estimate of drug-likeness (QED) is 0.720. The van der Waals surface area contributed by atoms with Crippen LogP contribution in [0, 0.1) is 0 Å². The maximum absolute atomic E-state index is 12.9. The summed E-state index contributed by atoms with van der Waals surface area (Å²) in [6.45, 7) is 1.34. The van der Waals surface area contributed by atoms with Gasteiger partial charge in [0, 0.05) is 36.1 Å². The van der Waals surface area contributed by atoms with Gasteiger partial charge >= 0.3 is 6.18 Å². The predicted molar refractivity (Wildman–Crippen MR) is 108 cm³/mol. The van der Waals surface area contributed by atoms with Gasteiger partial charge in [0.25, 0.3) is 5.91 Å². The van der Waals surface area contributed by atoms with E-state index in [1.54, 1.807) is 11.4 Å². The number of carbonyl (C=O) groups is 1. The number of nitrogens with one attached hydrogen (secondary N) is 1. The molecule has 2 saturated heterocycles. The van der Waals surface area contributed by atoms with Crippen LogP contribution in [0.25, 0.3) is 10.6 Å². The van der Waals surface area contributed by atoms with Crippen molar-refractivity contribution in [2.75, 3.05) is 13.1 Å². The molecule has 4 nitrogen and oxygen atoms in total. The van der Waals surface area contributed by atoms with Crippen molar-refractivity contribution in [3.63, 3.8) is 0 Å². The van der Waals surface area contributed by atoms with Crippen molar-refractivity contribution in [2.24, 2.45) is 0 Å². The first-order chi connectivity index (χ1) is 12.4. The maximum atomic E-state index is 12.9. The molecule has 4 rings (SSSR count). The molecule has 0 radical (unpaired) electrons. The Bertz CT molecular complexity index is 830. The number of hydrogen-bond acceptors (Lipinski definition) is 4. The zero-order chi connectivity index (χ0) is 18.3. The molecule has 28 heavy (non-hydrogen) atoms. The molecule has 0 saturated carbocycles. The van der Waals surface area contributed by atoms with Crippen LogP contribution in [-0.4, -0.2) is 41.0 Å². The van der Waals surface area contributed by atoms with Crippen LogP contribution in [0.4, 0.5) is 13.2 Å². The van der Waals surface area contributed by atoms with Gasteiger partial charge in [-0.05, 0) is 31.4 Å². The summed E-state index contributed by atoms with van der Waals surface area (Å²) >= 11 is 1.19. The van der Waals surface area contributed by atoms with Gasteiger partial charge in [0.2, 0.25) is 0 Å². The van der Waals surface area contributed by atoms with Crippen molar-refractivity contribution in [3.05, 3.63) is 40.9 Å². The molecule has 0 spiro atoms. The fraction of sp³-hybridized carbons (Fsp3) is 0.444. The van der Waals surface area contributed by atoms with Gasteiger partial charge in [-0.25, -0.2) is 4.98 Å². The molecular weight excluding hydrogens is 434 g/mol. The SMILES string of the molecule is Cl.Cl.O=C(c1csc(-c2cccc(C(F)(F)F)c2)n1)N1CCC2CCC(C1)N2. The van der Waals surface area contributed by atoms with Crippen molar-refractivity contribution in [3.8, 4) is 10.6 Å². The molecule has 154 valence electrons. The van der Waals surface area contributed by atoms with Gasteiger partial charge in [0.05, 0.1) is 5.56 Å². The highest BCUT2D eigenvalue weighted by atomic mass is 35.5. The van der Waals surface area contributed by atoms with Gasteiger partial charge < -0.3 is 10.2 Å². The number of carbonyl (C=O) groups excluding carboxylic acids is 1. The first kappa shape index (κ1) is 22.9. The molecule has 2 fully saturated rings. The largest absolute Gasteiger partial charge is 0.416 e. The number of nitrogens with zero attached hydrogens (tertiary/aromatic N) is 2. The predicted octanol–water partition coefficient (Wildman–Crippen LogP) is 4.64. The van der Waals surface area contributed by atoms with E-state index in [0.29, 0.717) is 41.4 Å². The number of halogens is 5. The molecule has 2 aromatic rings. The summed E-state index contributed by atoms with van der Waals surface area (Å²) in [5.74, 6) is -0.145. The number of amides is 1. The van der Waals surface area contributed by atoms with Crippen molar-refractivity contribution < 1.29 is 18.0 Å². The Labute approximate surface area is 177 Å². The third-order valence-corrected chi connectivity index (χ3v) is 5.86. The number of thiazole rings is 1. The second kappa shape index (κ2) is 8.98. The minimum atomic E-state index is -4.40. The van der Waals surface area contributed by atoms with E-state index in [-0.39, 0.29) is 30.7 Å². The number of hydrogen-bond donors (Lipinski definition) is 1. The fourth-order valence-corrected chi connectivity index (χ4v) is 4.41. The zero-order valence-corrected chi connectivity index (χ0v) is 17.2. The van der Waals surface area contributed by atoms with Crippen molar-refractivity contribution in [1.82, 2.24) is 15.2 Å². The molecule has 1 aromatic carbocycles. The highest BCUT2D eigenvalue weighted by Gasteiger charge is 2.33. The number of likely N-dealkylation sites (tertiary alicyclic amines) is 1. The van der Waals surface area contributed by atoms with Crippen LogP contribution in [-0.2, 0) is 6.18 Å². The lowest BCUT2D eigenvalue weighted by Gasteiger charge is -2.23. The molecule has 2 atom stereocenters. The van der Waals surface area contributed by atoms with Crippen LogP contribution in [0.5, 0.6) is 0 Å². The van der Waals surface area contributed by atoms with E-state index in [1.807, 2.05) is 4.90 Å². The van der Waals surface area contributed by atoms with Crippen LogP contribution in [0.15, 0.2) is 29.6 Å². The molecule has 3 heterocycles. The Morgan fingerprint density at radius 2 is 1.93 bits per heavy atom. The normalized spacial score (nSPS) is 21.5. The first-order valence-electron chi connectivity index (χ1n) is 8.58. The van der Waals surface area contributed by atoms with Crippen LogP contribution in [0.2, 0.25) is 0 Å². The Kier molecular flexibility index (Phi) is 7.36. The molecule has 1 amide bonds. The average molecular weight is 454 g/mol. The molecule has 1 aromatic heterocycles. The standard InChI is InChI=1S/C18H18F3N3OS.2ClH/c19-18(20,21)12-3-1-2-11(8-12)16-23-15(10-26-16)17(25)24-7-6-13-4-5-14(9-24)22-13;;/h1-3,8,10,13-14,22H,4-7,9H2;2*1H. The Morgan fingerprint density at radius 1 is 1.18 bits per heavy atom. The topological polar surface area (TPSA) is 45.2 Å². The van der Waals surface area contributed by atoms with E-state index in [9.17, 15) is 18.0 Å². The van der Waals surface area contributed by atoms with Gasteiger partial charge in [-0.2, -0.15) is 13.2 Å². The third kappa shape index (κ3) is 4.79. The first-order valence-corrected chi connectivity index (χ1v) is 9.46. The third-order valence-electron chi connectivity index (χ3n) is 4.97. The highest BCUT2D eigenvalue weighted by Crippen LogP contribution is 2.33. The van der Waals surface area contributed by atoms with Gasteiger partial charge in [-0.1, -0.05) is 12.1 Å². The molecule has 0 aliphatic carbocycles. The maximum Gasteiger partial charge on any atom is 0.416 e. The number of rotatable bonds is 2. The number of alkyl halides is 3. The molecule has 2 bridgehead atoms. The molecule has 2 unspecified atom stereocenters. The lowest BCUT2D eigenvalue weighted by Crippen LogP contribution is -2.39. The minimum Gasteiger partial charge on any atom is -0.336 e. The van der Waals surface area contributed by atoms with Crippen molar-refractivity contribution >= 4 is 42.1 Å². The second-order valence-corrected chi connectivity index (χ2v) is 7.65. The monoisotopic (exact) mass is 453 g/mol. The van der Waals surface area contributed by atoms with E-state index in [4.69, 9.17) is 0 Å². The summed E-state index contributed by atoms with van der Waals surface area (Å²) in [5, 5.41) is 5.58. The lowest BCUT2D eigenvalue weighted by atomic mass is 10.1. The van der Waals surface area contributed by atoms with Crippen LogP contribution in [0.1, 0.15) is 35.3 Å². The van der Waals surface area contributed by atoms with Gasteiger partial charge in [0.15, 0.2) is 0 Å². The molecule has 10 heteroatoms. The van der Waals surface area contributed by atoms with E-state index in [2.05, 4.69) is 10.3 Å². The van der Waals surface area contributed by atoms with E-state index in [0.717, 1.165) is 31.4 Å². The summed E-state index contributed by atoms with van der Waals surface area (Å²) in [5.41, 5.74) is -0.0339. The number of benzene rings is 1. The van der Waals surface area contributed by atoms with Crippen molar-refractivity contribution in [1.29, 1.82) is 0 Å². The molecule has 1 N–H and O–H groups in total. The van der Waals surface area contributed by atoms with Crippen molar-refractivity contribution in [2.45, 2.75) is 37.5 Å². The molecule has 2 aliphatic heterocycles. The number of aromatic nitrogens is 1. The lowest BCUT2D eigenvalue weighted by molar-refractivity contribution is -0.137. The van der Waals surface area contributed by atoms with Gasteiger partial charge in [-0.3, -0.25) is 4.79 Å². The fourth-order valence-electron chi connectivity index (χ4n) is 3.62. The molecular formula is C18H20Cl2F3N3OS. The van der Waals surface area contributed by atoms with E-state index in [1.165, 1.54) is 17.4 Å². The summed E-state index contributed by atoms with van der Waals surface area (Å²) < 4.78 is 38.7. The summed E-state index contributed by atoms with van der Waals surface area (Å²) in [4.78, 5) is 18.9. The van der Waals surface area contributed by atoms with Gasteiger partial charge in [-0.15, -0.1) is 36.2 Å². The van der Waals surface area contributed by atoms with Crippen LogP contribution in [0.3, 0.4) is 0 Å². The summed E-state index contributed by atoms with van der Waals surface area (Å²) in [6.07, 6.45) is -1.25. The van der Waals surface area contributed by atoms with E-state index < -0.39 is 11.7 Å². The van der Waals surface area contributed by atoms with Crippen LogP contribution < -0.4 is 5.32 Å². The molecule has 2 aliphatic rings. The highest BCUT2D eigenvalue weighted by molar-refractivity contribution is 7.13. The number of fused-ring (bicyclic) bond motifs is 2. The van der Waals surface area contributed by atoms with Gasteiger partial charge in [0.1, 0.15) is 10.7 Å². The Morgan fingerprint density at radius 3 is 2.68 bits per heavy atom. The zero-order valence-electron chi connectivity index (χ0n) is 14.7. The Hall–Kier alpha value is -1.35. The Balaban J connectivity index is 0.00000140. The minimum absolute atomic E-state index is 0. The van der Waals surface area contributed by atoms with E-state index >= 15 is 0 Å². The van der Waals surface area contributed by atoms with Crippen LogP contribution >= 0.6 is 36.2 Å². The summed E-state index contributed by atoms with van der Waals surface area (Å²) in [6, 6.07) is 5.85. The average Bonchev–Trinajstić information content (AvgIpc) is 3.20.